The van der Waals surface area contributed by atoms with Gasteiger partial charge in [-0.1, -0.05) is 12.1 Å². The zero-order valence-electron chi connectivity index (χ0n) is 12.8. The topological polar surface area (TPSA) is 92.8 Å². The van der Waals surface area contributed by atoms with Crippen LogP contribution in [0.3, 0.4) is 0 Å². The molecule has 0 fully saturated rings. The molecule has 122 valence electrons. The zero-order chi connectivity index (χ0) is 16.8. The summed E-state index contributed by atoms with van der Waals surface area (Å²) in [6.45, 7) is 2.18. The number of carbonyl (C=O) groups is 4. The van der Waals surface area contributed by atoms with Crippen LogP contribution in [0.25, 0.3) is 0 Å². The second-order valence-electron chi connectivity index (χ2n) is 4.96. The van der Waals surface area contributed by atoms with Gasteiger partial charge in [-0.25, -0.2) is 0 Å². The molecule has 0 aliphatic carbocycles. The molecule has 0 saturated heterocycles. The number of hydrogen-bond donors (Lipinski definition) is 1. The Morgan fingerprint density at radius 1 is 1.09 bits per heavy atom. The molecule has 1 N–H and O–H groups in total. The van der Waals surface area contributed by atoms with Crippen LogP contribution in [0, 0.1) is 0 Å². The molecule has 0 aromatic heterocycles. The molecule has 0 atom stereocenters. The number of carbonyl (C=O) groups excluding carboxylic acids is 4. The molecule has 3 amide bonds. The number of fused-ring (bicyclic) bond motifs is 1. The van der Waals surface area contributed by atoms with Crippen LogP contribution in [0.5, 0.6) is 0 Å². The van der Waals surface area contributed by atoms with Gasteiger partial charge < -0.3 is 10.1 Å². The third kappa shape index (κ3) is 3.94. The fourth-order valence-corrected chi connectivity index (χ4v) is 2.28. The van der Waals surface area contributed by atoms with Crippen molar-refractivity contribution in [2.75, 3.05) is 19.7 Å². The largest absolute Gasteiger partial charge is 0.466 e. The molecular weight excluding hydrogens is 300 g/mol. The molecule has 0 bridgehead atoms. The number of amides is 3. The highest BCUT2D eigenvalue weighted by Crippen LogP contribution is 2.22. The van der Waals surface area contributed by atoms with Gasteiger partial charge in [0.05, 0.1) is 24.2 Å². The fraction of sp³-hybridized carbons (Fsp3) is 0.375. The summed E-state index contributed by atoms with van der Waals surface area (Å²) in [6, 6.07) is 6.56. The summed E-state index contributed by atoms with van der Waals surface area (Å²) in [5.41, 5.74) is 0.723. The van der Waals surface area contributed by atoms with Crippen molar-refractivity contribution in [3.63, 3.8) is 0 Å². The van der Waals surface area contributed by atoms with Crippen molar-refractivity contribution in [3.8, 4) is 0 Å². The van der Waals surface area contributed by atoms with Gasteiger partial charge in [0.25, 0.3) is 11.8 Å². The van der Waals surface area contributed by atoms with Crippen molar-refractivity contribution < 1.29 is 23.9 Å². The molecule has 2 rings (SSSR count). The molecule has 1 aliphatic rings. The predicted molar refractivity (Wildman–Crippen MR) is 80.7 cm³/mol. The van der Waals surface area contributed by atoms with Gasteiger partial charge in [0.2, 0.25) is 5.91 Å². The minimum atomic E-state index is -0.384. The van der Waals surface area contributed by atoms with Crippen molar-refractivity contribution in [2.24, 2.45) is 0 Å². The second kappa shape index (κ2) is 7.53. The van der Waals surface area contributed by atoms with Crippen molar-refractivity contribution in [1.29, 1.82) is 0 Å². The molecule has 1 aromatic rings. The first kappa shape index (κ1) is 16.7. The maximum absolute atomic E-state index is 12.1. The van der Waals surface area contributed by atoms with Crippen LogP contribution < -0.4 is 5.32 Å². The molecule has 1 aliphatic heterocycles. The van der Waals surface area contributed by atoms with Crippen molar-refractivity contribution in [2.45, 2.75) is 19.8 Å². The van der Waals surface area contributed by atoms with E-state index in [0.29, 0.717) is 17.7 Å². The Balaban J connectivity index is 1.78. The lowest BCUT2D eigenvalue weighted by Gasteiger charge is -2.13. The monoisotopic (exact) mass is 318 g/mol. The Morgan fingerprint density at radius 3 is 2.26 bits per heavy atom. The second-order valence-corrected chi connectivity index (χ2v) is 4.96. The van der Waals surface area contributed by atoms with Gasteiger partial charge in [0.1, 0.15) is 0 Å². The Kier molecular flexibility index (Phi) is 5.46. The Bertz CT molecular complexity index is 606. The first-order valence-corrected chi connectivity index (χ1v) is 7.42. The number of ether oxygens (including phenoxy) is 1. The number of benzene rings is 1. The summed E-state index contributed by atoms with van der Waals surface area (Å²) in [5, 5.41) is 2.56. The van der Waals surface area contributed by atoms with Crippen LogP contribution in [-0.4, -0.2) is 48.3 Å². The van der Waals surface area contributed by atoms with Crippen LogP contribution >= 0.6 is 0 Å². The van der Waals surface area contributed by atoms with E-state index in [0.717, 1.165) is 4.90 Å². The molecule has 1 aromatic carbocycles. The summed E-state index contributed by atoms with van der Waals surface area (Å²) in [7, 11) is 0. The maximum Gasteiger partial charge on any atom is 0.307 e. The van der Waals surface area contributed by atoms with Gasteiger partial charge in [-0.2, -0.15) is 0 Å². The Hall–Kier alpha value is -2.70. The lowest BCUT2D eigenvalue weighted by atomic mass is 10.1. The lowest BCUT2D eigenvalue weighted by molar-refractivity contribution is -0.143. The van der Waals surface area contributed by atoms with E-state index < -0.39 is 0 Å². The van der Waals surface area contributed by atoms with E-state index in [1.807, 2.05) is 0 Å². The molecule has 7 heteroatoms. The van der Waals surface area contributed by atoms with E-state index in [4.69, 9.17) is 4.74 Å². The van der Waals surface area contributed by atoms with Gasteiger partial charge in [-0.05, 0) is 19.1 Å². The normalized spacial score (nSPS) is 13.0. The smallest absolute Gasteiger partial charge is 0.307 e. The van der Waals surface area contributed by atoms with Crippen molar-refractivity contribution >= 4 is 23.7 Å². The van der Waals surface area contributed by atoms with Crippen LogP contribution in [0.1, 0.15) is 40.5 Å². The molecule has 1 heterocycles. The summed E-state index contributed by atoms with van der Waals surface area (Å²) in [6.07, 6.45) is 0.0842. The third-order valence-electron chi connectivity index (χ3n) is 3.40. The maximum atomic E-state index is 12.1. The summed E-state index contributed by atoms with van der Waals surface area (Å²) < 4.78 is 4.74. The Labute approximate surface area is 133 Å². The molecular formula is C16H18N2O5. The Morgan fingerprint density at radius 2 is 1.70 bits per heavy atom. The quantitative estimate of drug-likeness (QED) is 0.591. The highest BCUT2D eigenvalue weighted by molar-refractivity contribution is 6.21. The predicted octanol–water partition coefficient (Wildman–Crippen LogP) is 0.742. The molecule has 0 spiro atoms. The SMILES string of the molecule is CCOC(=O)CCNC(=O)CCN1C(=O)c2ccccc2C1=O. The number of nitrogens with zero attached hydrogens (tertiary/aromatic N) is 1. The third-order valence-corrected chi connectivity index (χ3v) is 3.40. The van der Waals surface area contributed by atoms with Gasteiger partial charge in [-0.15, -0.1) is 0 Å². The van der Waals surface area contributed by atoms with Crippen molar-refractivity contribution in [3.05, 3.63) is 35.4 Å². The van der Waals surface area contributed by atoms with Crippen LogP contribution in [-0.2, 0) is 14.3 Å². The number of hydrogen-bond acceptors (Lipinski definition) is 5. The first-order valence-electron chi connectivity index (χ1n) is 7.42. The van der Waals surface area contributed by atoms with Gasteiger partial charge in [-0.3, -0.25) is 24.1 Å². The van der Waals surface area contributed by atoms with Gasteiger partial charge >= 0.3 is 5.97 Å². The molecule has 23 heavy (non-hydrogen) atoms. The number of rotatable bonds is 7. The zero-order valence-corrected chi connectivity index (χ0v) is 12.8. The highest BCUT2D eigenvalue weighted by atomic mass is 16.5. The van der Waals surface area contributed by atoms with Gasteiger partial charge in [0.15, 0.2) is 0 Å². The lowest BCUT2D eigenvalue weighted by Crippen LogP contribution is -2.35. The van der Waals surface area contributed by atoms with E-state index in [-0.39, 0.29) is 49.6 Å². The van der Waals surface area contributed by atoms with E-state index in [1.165, 1.54) is 0 Å². The molecule has 0 radical (unpaired) electrons. The standard InChI is InChI=1S/C16H18N2O5/c1-2-23-14(20)7-9-17-13(19)8-10-18-15(21)11-5-3-4-6-12(11)16(18)22/h3-6H,2,7-10H2,1H3,(H,17,19). The van der Waals surface area contributed by atoms with E-state index in [1.54, 1.807) is 31.2 Å². The van der Waals surface area contributed by atoms with E-state index in [2.05, 4.69) is 5.32 Å². The van der Waals surface area contributed by atoms with Crippen LogP contribution in [0.15, 0.2) is 24.3 Å². The molecule has 0 unspecified atom stereocenters. The van der Waals surface area contributed by atoms with Gasteiger partial charge in [0, 0.05) is 19.5 Å². The highest BCUT2D eigenvalue weighted by Gasteiger charge is 2.34. The average Bonchev–Trinajstić information content (AvgIpc) is 2.78. The number of esters is 1. The minimum absolute atomic E-state index is 0.00566. The first-order chi connectivity index (χ1) is 11.0. The molecule has 0 saturated carbocycles. The average molecular weight is 318 g/mol. The van der Waals surface area contributed by atoms with Crippen molar-refractivity contribution in [1.82, 2.24) is 10.2 Å². The molecule has 7 nitrogen and oxygen atoms in total. The fourth-order valence-electron chi connectivity index (χ4n) is 2.28. The van der Waals surface area contributed by atoms with Crippen LogP contribution in [0.2, 0.25) is 0 Å². The number of imide groups is 1. The summed E-state index contributed by atoms with van der Waals surface area (Å²) in [5.74, 6) is -1.48. The summed E-state index contributed by atoms with van der Waals surface area (Å²) >= 11 is 0. The summed E-state index contributed by atoms with van der Waals surface area (Å²) in [4.78, 5) is 48.1. The van der Waals surface area contributed by atoms with Crippen LogP contribution in [0.4, 0.5) is 0 Å². The number of nitrogens with one attached hydrogen (secondary N) is 1. The minimum Gasteiger partial charge on any atom is -0.466 e. The van der Waals surface area contributed by atoms with E-state index >= 15 is 0 Å². The van der Waals surface area contributed by atoms with E-state index in [9.17, 15) is 19.2 Å².